The van der Waals surface area contributed by atoms with Gasteiger partial charge in [0.25, 0.3) is 5.79 Å². The number of anilines is 1. The van der Waals surface area contributed by atoms with Gasteiger partial charge in [-0.2, -0.15) is 0 Å². The highest BCUT2D eigenvalue weighted by atomic mass is 35.5. The van der Waals surface area contributed by atoms with E-state index in [9.17, 15) is 14.4 Å². The summed E-state index contributed by atoms with van der Waals surface area (Å²) in [5, 5.41) is 3.88. The van der Waals surface area contributed by atoms with Crippen molar-refractivity contribution in [1.29, 1.82) is 0 Å². The van der Waals surface area contributed by atoms with E-state index in [-0.39, 0.29) is 5.57 Å². The summed E-state index contributed by atoms with van der Waals surface area (Å²) in [5.74, 6) is -3.34. The molecule has 0 amide bonds. The van der Waals surface area contributed by atoms with Crippen LogP contribution in [0.25, 0.3) is 10.1 Å². The second kappa shape index (κ2) is 6.62. The van der Waals surface area contributed by atoms with Crippen LogP contribution in [0.4, 0.5) is 5.69 Å². The van der Waals surface area contributed by atoms with Gasteiger partial charge in [0, 0.05) is 35.8 Å². The highest BCUT2D eigenvalue weighted by molar-refractivity contribution is 7.21. The van der Waals surface area contributed by atoms with Crippen LogP contribution < -0.4 is 5.32 Å². The number of thiophene rings is 1. The van der Waals surface area contributed by atoms with Crippen LogP contribution >= 0.6 is 22.9 Å². The number of carbonyl (C=O) groups excluding carboxylic acids is 3. The Balaban J connectivity index is 1.87. The van der Waals surface area contributed by atoms with Gasteiger partial charge in [-0.25, -0.2) is 14.4 Å². The standard InChI is InChI=1S/C17H14ClNO6S/c1-17(2)24-14(20)10(15(21)25-17)7-19-8-4-5-9-11(6-8)26-13(12(9)18)16(22)23-3/h4-7,19H,1-3H3. The van der Waals surface area contributed by atoms with Crippen molar-refractivity contribution in [3.63, 3.8) is 0 Å². The molecule has 1 fully saturated rings. The maximum absolute atomic E-state index is 11.9. The fraction of sp³-hybridized carbons (Fsp3) is 0.235. The molecule has 1 saturated heterocycles. The molecule has 0 unspecified atom stereocenters. The SMILES string of the molecule is COC(=O)c1sc2cc(NC=C3C(=O)OC(C)(C)OC3=O)ccc2c1Cl. The predicted octanol–water partition coefficient (Wildman–Crippen LogP) is 3.47. The van der Waals surface area contributed by atoms with Crippen LogP contribution in [0.1, 0.15) is 23.5 Å². The molecule has 2 aromatic rings. The minimum Gasteiger partial charge on any atom is -0.465 e. The molecule has 26 heavy (non-hydrogen) atoms. The van der Waals surface area contributed by atoms with Crippen molar-refractivity contribution in [2.45, 2.75) is 19.6 Å². The molecule has 136 valence electrons. The van der Waals surface area contributed by atoms with Crippen LogP contribution in [0, 0.1) is 0 Å². The minimum absolute atomic E-state index is 0.246. The fourth-order valence-corrected chi connectivity index (χ4v) is 3.78. The van der Waals surface area contributed by atoms with E-state index in [0.29, 0.717) is 21.0 Å². The zero-order valence-corrected chi connectivity index (χ0v) is 15.6. The second-order valence-corrected chi connectivity index (χ2v) is 7.26. The number of fused-ring (bicyclic) bond motifs is 1. The van der Waals surface area contributed by atoms with E-state index in [2.05, 4.69) is 5.32 Å². The van der Waals surface area contributed by atoms with Gasteiger partial charge >= 0.3 is 17.9 Å². The molecule has 1 aliphatic rings. The van der Waals surface area contributed by atoms with Crippen molar-refractivity contribution in [2.75, 3.05) is 12.4 Å². The predicted molar refractivity (Wildman–Crippen MR) is 96.1 cm³/mol. The molecule has 2 heterocycles. The number of ether oxygens (including phenoxy) is 3. The van der Waals surface area contributed by atoms with Crippen LogP contribution in [-0.2, 0) is 23.8 Å². The Bertz CT molecular complexity index is 940. The number of hydrogen-bond acceptors (Lipinski definition) is 8. The molecule has 7 nitrogen and oxygen atoms in total. The highest BCUT2D eigenvalue weighted by Gasteiger charge is 2.38. The highest BCUT2D eigenvalue weighted by Crippen LogP contribution is 2.37. The van der Waals surface area contributed by atoms with E-state index in [1.54, 1.807) is 18.2 Å². The number of carbonyl (C=O) groups is 3. The largest absolute Gasteiger partial charge is 0.465 e. The van der Waals surface area contributed by atoms with E-state index < -0.39 is 23.7 Å². The van der Waals surface area contributed by atoms with E-state index in [0.717, 1.165) is 4.70 Å². The smallest absolute Gasteiger partial charge is 0.350 e. The van der Waals surface area contributed by atoms with Gasteiger partial charge in [0.15, 0.2) is 5.57 Å². The van der Waals surface area contributed by atoms with Crippen molar-refractivity contribution in [2.24, 2.45) is 0 Å². The topological polar surface area (TPSA) is 90.9 Å². The zero-order chi connectivity index (χ0) is 19.1. The summed E-state index contributed by atoms with van der Waals surface area (Å²) >= 11 is 7.38. The van der Waals surface area contributed by atoms with E-state index in [4.69, 9.17) is 25.8 Å². The Morgan fingerprint density at radius 2 is 1.92 bits per heavy atom. The Kier molecular flexibility index (Phi) is 4.64. The molecule has 0 spiro atoms. The third kappa shape index (κ3) is 3.38. The molecule has 0 bridgehead atoms. The van der Waals surface area contributed by atoms with Crippen molar-refractivity contribution in [3.05, 3.63) is 39.9 Å². The second-order valence-electron chi connectivity index (χ2n) is 5.83. The normalized spacial score (nSPS) is 16.1. The number of halogens is 1. The number of cyclic esters (lactones) is 2. The van der Waals surface area contributed by atoms with E-state index in [1.165, 1.54) is 38.5 Å². The molecular weight excluding hydrogens is 382 g/mol. The molecule has 0 saturated carbocycles. The summed E-state index contributed by atoms with van der Waals surface area (Å²) in [5.41, 5.74) is 0.341. The maximum Gasteiger partial charge on any atom is 0.350 e. The fourth-order valence-electron chi connectivity index (χ4n) is 2.31. The van der Waals surface area contributed by atoms with Gasteiger partial charge in [-0.1, -0.05) is 11.6 Å². The lowest BCUT2D eigenvalue weighted by Crippen LogP contribution is -2.42. The summed E-state index contributed by atoms with van der Waals surface area (Å²) in [6.07, 6.45) is 1.22. The van der Waals surface area contributed by atoms with Crippen LogP contribution in [0.5, 0.6) is 0 Å². The summed E-state index contributed by atoms with van der Waals surface area (Å²) in [7, 11) is 1.28. The van der Waals surface area contributed by atoms with Gasteiger partial charge in [-0.15, -0.1) is 11.3 Å². The van der Waals surface area contributed by atoms with Gasteiger partial charge in [0.2, 0.25) is 0 Å². The number of nitrogens with one attached hydrogen (secondary N) is 1. The van der Waals surface area contributed by atoms with Crippen molar-refractivity contribution < 1.29 is 28.6 Å². The number of methoxy groups -OCH3 is 1. The first-order valence-electron chi connectivity index (χ1n) is 7.45. The zero-order valence-electron chi connectivity index (χ0n) is 14.0. The lowest BCUT2D eigenvalue weighted by molar-refractivity contribution is -0.222. The molecular formula is C17H14ClNO6S. The third-order valence-electron chi connectivity index (χ3n) is 3.50. The summed E-state index contributed by atoms with van der Waals surface area (Å²) in [6.45, 7) is 2.95. The molecule has 3 rings (SSSR count). The molecule has 0 radical (unpaired) electrons. The van der Waals surface area contributed by atoms with Crippen LogP contribution in [0.3, 0.4) is 0 Å². The first-order chi connectivity index (χ1) is 12.2. The Morgan fingerprint density at radius 3 is 2.54 bits per heavy atom. The van der Waals surface area contributed by atoms with Gasteiger partial charge in [-0.3, -0.25) is 0 Å². The van der Waals surface area contributed by atoms with Crippen LogP contribution in [0.2, 0.25) is 5.02 Å². The molecule has 1 N–H and O–H groups in total. The van der Waals surface area contributed by atoms with Gasteiger partial charge in [0.05, 0.1) is 12.1 Å². The lowest BCUT2D eigenvalue weighted by atomic mass is 10.2. The van der Waals surface area contributed by atoms with Gasteiger partial charge in [-0.05, 0) is 18.2 Å². The number of rotatable bonds is 3. The molecule has 1 aromatic carbocycles. The quantitative estimate of drug-likeness (QED) is 0.483. The molecule has 1 aromatic heterocycles. The molecule has 9 heteroatoms. The summed E-state index contributed by atoms with van der Waals surface area (Å²) in [6, 6.07) is 5.16. The van der Waals surface area contributed by atoms with E-state index >= 15 is 0 Å². The van der Waals surface area contributed by atoms with Crippen LogP contribution in [0.15, 0.2) is 30.0 Å². The molecule has 0 atom stereocenters. The first kappa shape index (κ1) is 18.2. The van der Waals surface area contributed by atoms with Gasteiger partial charge < -0.3 is 19.5 Å². The number of hydrogen-bond donors (Lipinski definition) is 1. The van der Waals surface area contributed by atoms with Gasteiger partial charge in [0.1, 0.15) is 4.88 Å². The minimum atomic E-state index is -1.29. The first-order valence-corrected chi connectivity index (χ1v) is 8.65. The monoisotopic (exact) mass is 395 g/mol. The van der Waals surface area contributed by atoms with Crippen molar-refractivity contribution >= 4 is 56.6 Å². The summed E-state index contributed by atoms with van der Waals surface area (Å²) in [4.78, 5) is 35.9. The van der Waals surface area contributed by atoms with Crippen LogP contribution in [-0.4, -0.2) is 30.8 Å². The van der Waals surface area contributed by atoms with E-state index in [1.807, 2.05) is 0 Å². The summed E-state index contributed by atoms with van der Waals surface area (Å²) < 4.78 is 15.5. The Hall–Kier alpha value is -2.58. The average molecular weight is 396 g/mol. The maximum atomic E-state index is 11.9. The lowest BCUT2D eigenvalue weighted by Gasteiger charge is -2.29. The van der Waals surface area contributed by atoms with Crippen molar-refractivity contribution in [3.8, 4) is 0 Å². The average Bonchev–Trinajstić information content (AvgIpc) is 2.88. The number of benzene rings is 1. The number of esters is 3. The Morgan fingerprint density at radius 1 is 1.27 bits per heavy atom. The third-order valence-corrected chi connectivity index (χ3v) is 5.14. The molecule has 1 aliphatic heterocycles. The Labute approximate surface area is 157 Å². The van der Waals surface area contributed by atoms with Crippen molar-refractivity contribution in [1.82, 2.24) is 0 Å². The molecule has 0 aliphatic carbocycles.